The van der Waals surface area contributed by atoms with E-state index in [1.54, 1.807) is 30.3 Å². The zero-order valence-corrected chi connectivity index (χ0v) is 8.83. The summed E-state index contributed by atoms with van der Waals surface area (Å²) in [6, 6.07) is 8.38. The summed E-state index contributed by atoms with van der Waals surface area (Å²) in [5, 5.41) is 5.07. The lowest BCUT2D eigenvalue weighted by Gasteiger charge is -2.10. The molecule has 0 unspecified atom stereocenters. The zero-order valence-electron chi connectivity index (χ0n) is 8.01. The predicted molar refractivity (Wildman–Crippen MR) is 55.8 cm³/mol. The highest BCUT2D eigenvalue weighted by Gasteiger charge is 2.59. The van der Waals surface area contributed by atoms with Gasteiger partial charge in [-0.2, -0.15) is 0 Å². The Morgan fingerprint density at radius 2 is 1.73 bits per heavy atom. The van der Waals surface area contributed by atoms with Gasteiger partial charge in [-0.3, -0.25) is 4.79 Å². The maximum Gasteiger partial charge on any atom is 0.222 e. The van der Waals surface area contributed by atoms with Crippen molar-refractivity contribution in [2.75, 3.05) is 0 Å². The molecule has 0 aliphatic heterocycles. The number of ketones is 1. The second kappa shape index (κ2) is 3.15. The standard InChI is InChI=1S/C10H11NO3S/c11-15(13,14)10(6-7-10)9(12)8-4-2-1-3-5-8/h1-5H,6-7H2,(H2,11,13,14). The van der Waals surface area contributed by atoms with Crippen LogP contribution in [-0.4, -0.2) is 18.9 Å². The Morgan fingerprint density at radius 1 is 1.20 bits per heavy atom. The second-order valence-electron chi connectivity index (χ2n) is 3.73. The molecule has 1 fully saturated rings. The number of rotatable bonds is 3. The summed E-state index contributed by atoms with van der Waals surface area (Å²) in [5.74, 6) is -0.384. The molecule has 1 saturated carbocycles. The lowest BCUT2D eigenvalue weighted by atomic mass is 10.1. The number of primary sulfonamides is 1. The molecule has 0 bridgehead atoms. The van der Waals surface area contributed by atoms with Crippen LogP contribution >= 0.6 is 0 Å². The van der Waals surface area contributed by atoms with Gasteiger partial charge in [0.05, 0.1) is 0 Å². The second-order valence-corrected chi connectivity index (χ2v) is 5.61. The highest BCUT2D eigenvalue weighted by atomic mass is 32.2. The first-order valence-corrected chi connectivity index (χ1v) is 6.14. The molecular formula is C10H11NO3S. The van der Waals surface area contributed by atoms with Crippen LogP contribution in [0.3, 0.4) is 0 Å². The van der Waals surface area contributed by atoms with E-state index < -0.39 is 14.8 Å². The minimum absolute atomic E-state index is 0.333. The minimum atomic E-state index is -3.79. The van der Waals surface area contributed by atoms with Crippen LogP contribution in [0, 0.1) is 0 Å². The Bertz CT molecular complexity index is 489. The van der Waals surface area contributed by atoms with E-state index in [1.807, 2.05) is 0 Å². The maximum atomic E-state index is 11.9. The van der Waals surface area contributed by atoms with Crippen LogP contribution in [0.2, 0.25) is 0 Å². The fourth-order valence-corrected chi connectivity index (χ4v) is 2.65. The number of hydrogen-bond donors (Lipinski definition) is 1. The Balaban J connectivity index is 2.39. The van der Waals surface area contributed by atoms with Gasteiger partial charge < -0.3 is 0 Å². The number of hydrogen-bond acceptors (Lipinski definition) is 3. The highest BCUT2D eigenvalue weighted by Crippen LogP contribution is 2.44. The van der Waals surface area contributed by atoms with Gasteiger partial charge >= 0.3 is 0 Å². The Labute approximate surface area is 88.1 Å². The van der Waals surface area contributed by atoms with Gasteiger partial charge in [-0.25, -0.2) is 13.6 Å². The van der Waals surface area contributed by atoms with Gasteiger partial charge in [0.25, 0.3) is 0 Å². The molecule has 5 heteroatoms. The number of benzene rings is 1. The van der Waals surface area contributed by atoms with Crippen LogP contribution in [0.25, 0.3) is 0 Å². The Hall–Kier alpha value is -1.20. The van der Waals surface area contributed by atoms with Crippen molar-refractivity contribution in [1.29, 1.82) is 0 Å². The first kappa shape index (κ1) is 10.3. The van der Waals surface area contributed by atoms with Crippen molar-refractivity contribution >= 4 is 15.8 Å². The number of carbonyl (C=O) groups is 1. The van der Waals surface area contributed by atoms with Gasteiger partial charge in [-0.1, -0.05) is 30.3 Å². The molecule has 1 aromatic rings. The quantitative estimate of drug-likeness (QED) is 0.769. The lowest BCUT2D eigenvalue weighted by Crippen LogP contribution is -2.37. The first-order chi connectivity index (χ1) is 6.97. The third-order valence-corrected chi connectivity index (χ3v) is 4.38. The highest BCUT2D eigenvalue weighted by molar-refractivity contribution is 7.91. The topological polar surface area (TPSA) is 77.2 Å². The maximum absolute atomic E-state index is 11.9. The first-order valence-electron chi connectivity index (χ1n) is 4.60. The monoisotopic (exact) mass is 225 g/mol. The summed E-state index contributed by atoms with van der Waals surface area (Å²) in [6.07, 6.45) is 0.666. The molecule has 0 spiro atoms. The molecule has 1 aliphatic rings. The molecule has 1 aliphatic carbocycles. The molecule has 2 N–H and O–H groups in total. The summed E-state index contributed by atoms with van der Waals surface area (Å²) < 4.78 is 21.2. The van der Waals surface area contributed by atoms with Crippen LogP contribution in [0.15, 0.2) is 30.3 Å². The van der Waals surface area contributed by atoms with Crippen LogP contribution in [0.5, 0.6) is 0 Å². The normalized spacial score (nSPS) is 18.5. The SMILES string of the molecule is NS(=O)(=O)C1(C(=O)c2ccccc2)CC1. The van der Waals surface area contributed by atoms with E-state index in [1.165, 1.54) is 0 Å². The molecule has 15 heavy (non-hydrogen) atoms. The summed E-state index contributed by atoms with van der Waals surface area (Å²) in [6.45, 7) is 0. The van der Waals surface area contributed by atoms with Crippen LogP contribution < -0.4 is 5.14 Å². The average Bonchev–Trinajstić information content (AvgIpc) is 2.98. The van der Waals surface area contributed by atoms with Crippen molar-refractivity contribution in [3.05, 3.63) is 35.9 Å². The Morgan fingerprint density at radius 3 is 2.13 bits per heavy atom. The molecule has 80 valence electrons. The fraction of sp³-hybridized carbons (Fsp3) is 0.300. The summed E-state index contributed by atoms with van der Waals surface area (Å²) in [4.78, 5) is 11.9. The molecule has 0 saturated heterocycles. The largest absolute Gasteiger partial charge is 0.292 e. The molecule has 0 atom stereocenters. The molecule has 0 amide bonds. The lowest BCUT2D eigenvalue weighted by molar-refractivity contribution is 0.0978. The van der Waals surface area contributed by atoms with E-state index in [-0.39, 0.29) is 5.78 Å². The Kier molecular flexibility index (Phi) is 2.17. The van der Waals surface area contributed by atoms with Crippen molar-refractivity contribution < 1.29 is 13.2 Å². The third-order valence-electron chi connectivity index (χ3n) is 2.70. The molecule has 0 heterocycles. The molecule has 2 rings (SSSR count). The fourth-order valence-electron chi connectivity index (χ4n) is 1.61. The summed E-state index contributed by atoms with van der Waals surface area (Å²) >= 11 is 0. The van der Waals surface area contributed by atoms with E-state index in [0.717, 1.165) is 0 Å². The van der Waals surface area contributed by atoms with E-state index >= 15 is 0 Å². The number of carbonyl (C=O) groups excluding carboxylic acids is 1. The summed E-state index contributed by atoms with van der Waals surface area (Å²) in [7, 11) is -3.79. The van der Waals surface area contributed by atoms with Crippen LogP contribution in [0.4, 0.5) is 0 Å². The van der Waals surface area contributed by atoms with Gasteiger partial charge in [0, 0.05) is 5.56 Å². The van der Waals surface area contributed by atoms with Crippen LogP contribution in [-0.2, 0) is 10.0 Å². The molecular weight excluding hydrogens is 214 g/mol. The van der Waals surface area contributed by atoms with Crippen molar-refractivity contribution in [2.45, 2.75) is 17.6 Å². The van der Waals surface area contributed by atoms with Crippen molar-refractivity contribution in [1.82, 2.24) is 0 Å². The third kappa shape index (κ3) is 1.57. The van der Waals surface area contributed by atoms with E-state index in [9.17, 15) is 13.2 Å². The van der Waals surface area contributed by atoms with Crippen LogP contribution in [0.1, 0.15) is 23.2 Å². The van der Waals surface area contributed by atoms with E-state index in [4.69, 9.17) is 5.14 Å². The van der Waals surface area contributed by atoms with Gasteiger partial charge in [0.15, 0.2) is 5.78 Å². The van der Waals surface area contributed by atoms with Gasteiger partial charge in [0.1, 0.15) is 4.75 Å². The summed E-state index contributed by atoms with van der Waals surface area (Å²) in [5.41, 5.74) is 0.407. The minimum Gasteiger partial charge on any atom is -0.292 e. The zero-order chi connectivity index (χ0) is 11.1. The van der Waals surface area contributed by atoms with Gasteiger partial charge in [-0.15, -0.1) is 0 Å². The molecule has 0 aromatic heterocycles. The van der Waals surface area contributed by atoms with Crippen molar-refractivity contribution in [3.63, 3.8) is 0 Å². The van der Waals surface area contributed by atoms with Gasteiger partial charge in [-0.05, 0) is 12.8 Å². The number of Topliss-reactive ketones (excluding diaryl/α,β-unsaturated/α-hetero) is 1. The average molecular weight is 225 g/mol. The van der Waals surface area contributed by atoms with E-state index in [0.29, 0.717) is 18.4 Å². The molecule has 4 nitrogen and oxygen atoms in total. The number of sulfonamides is 1. The smallest absolute Gasteiger partial charge is 0.222 e. The van der Waals surface area contributed by atoms with Crippen molar-refractivity contribution in [2.24, 2.45) is 5.14 Å². The molecule has 0 radical (unpaired) electrons. The predicted octanol–water partition coefficient (Wildman–Crippen LogP) is 0.690. The number of nitrogens with two attached hydrogens (primary N) is 1. The van der Waals surface area contributed by atoms with Crippen molar-refractivity contribution in [3.8, 4) is 0 Å². The van der Waals surface area contributed by atoms with Gasteiger partial charge in [0.2, 0.25) is 10.0 Å². The molecule has 1 aromatic carbocycles. The van der Waals surface area contributed by atoms with E-state index in [2.05, 4.69) is 0 Å².